The number of methoxy groups -OCH3 is 1. The maximum absolute atomic E-state index is 12.2. The quantitative estimate of drug-likeness (QED) is 0.380. The summed E-state index contributed by atoms with van der Waals surface area (Å²) in [5.41, 5.74) is 2.19. The first kappa shape index (κ1) is 18.2. The van der Waals surface area contributed by atoms with Gasteiger partial charge in [-0.05, 0) is 36.8 Å². The average Bonchev–Trinajstić information content (AvgIpc) is 3.22. The van der Waals surface area contributed by atoms with E-state index in [2.05, 4.69) is 11.9 Å². The Morgan fingerprint density at radius 1 is 1.30 bits per heavy atom. The summed E-state index contributed by atoms with van der Waals surface area (Å²) >= 11 is 0. The number of nitrogens with one attached hydrogen (secondary N) is 1. The third-order valence-corrected chi connectivity index (χ3v) is 4.11. The van der Waals surface area contributed by atoms with E-state index in [0.29, 0.717) is 17.1 Å². The highest BCUT2D eigenvalue weighted by Crippen LogP contribution is 2.28. The molecule has 0 spiro atoms. The topological polar surface area (TPSA) is 88.8 Å². The Morgan fingerprint density at radius 3 is 2.78 bits per heavy atom. The van der Waals surface area contributed by atoms with Gasteiger partial charge < -0.3 is 14.5 Å². The van der Waals surface area contributed by atoms with Gasteiger partial charge in [0.15, 0.2) is 0 Å². The number of urea groups is 1. The normalized spacial score (nSPS) is 15.2. The highest BCUT2D eigenvalue weighted by molar-refractivity contribution is 6.13. The second-order valence-electron chi connectivity index (χ2n) is 5.92. The van der Waals surface area contributed by atoms with Gasteiger partial charge in [-0.2, -0.15) is 0 Å². The number of carbonyl (C=O) groups is 3. The number of hydrogen-bond donors (Lipinski definition) is 1. The van der Waals surface area contributed by atoms with Crippen LogP contribution in [0.5, 0.6) is 0 Å². The van der Waals surface area contributed by atoms with E-state index in [-0.39, 0.29) is 12.2 Å². The van der Waals surface area contributed by atoms with Gasteiger partial charge in [-0.25, -0.2) is 9.59 Å². The van der Waals surface area contributed by atoms with Crippen LogP contribution in [0.2, 0.25) is 0 Å². The number of nitrogens with zero attached hydrogens (tertiary/aromatic N) is 1. The smallest absolute Gasteiger partial charge is 0.337 e. The van der Waals surface area contributed by atoms with Crippen LogP contribution in [0.15, 0.2) is 53.1 Å². The highest BCUT2D eigenvalue weighted by atomic mass is 16.5. The molecule has 1 aromatic heterocycles. The molecule has 2 heterocycles. The number of aryl methyl sites for hydroxylation is 1. The van der Waals surface area contributed by atoms with Crippen LogP contribution in [0.3, 0.4) is 0 Å². The first-order valence-electron chi connectivity index (χ1n) is 8.19. The van der Waals surface area contributed by atoms with Gasteiger partial charge in [-0.3, -0.25) is 9.69 Å². The Balaban J connectivity index is 1.90. The van der Waals surface area contributed by atoms with Crippen LogP contribution in [0, 0.1) is 6.92 Å². The fourth-order valence-corrected chi connectivity index (χ4v) is 2.72. The Morgan fingerprint density at radius 2 is 2.07 bits per heavy atom. The molecule has 1 aliphatic rings. The molecule has 3 amide bonds. The van der Waals surface area contributed by atoms with E-state index in [9.17, 15) is 14.4 Å². The predicted octanol–water partition coefficient (Wildman–Crippen LogP) is 3.12. The Hall–Kier alpha value is -3.61. The fourth-order valence-electron chi connectivity index (χ4n) is 2.72. The fraction of sp³-hybridized carbons (Fsp3) is 0.150. The Labute approximate surface area is 155 Å². The third kappa shape index (κ3) is 3.52. The van der Waals surface area contributed by atoms with Gasteiger partial charge in [0.25, 0.3) is 5.91 Å². The number of amides is 3. The number of furan rings is 1. The number of hydrogen-bond acceptors (Lipinski definition) is 5. The summed E-state index contributed by atoms with van der Waals surface area (Å²) in [6, 6.07) is 8.08. The lowest BCUT2D eigenvalue weighted by Gasteiger charge is -2.06. The van der Waals surface area contributed by atoms with Crippen molar-refractivity contribution < 1.29 is 23.5 Å². The van der Waals surface area contributed by atoms with Crippen molar-refractivity contribution in [1.82, 2.24) is 10.2 Å². The molecule has 0 saturated carbocycles. The van der Waals surface area contributed by atoms with Gasteiger partial charge >= 0.3 is 12.0 Å². The van der Waals surface area contributed by atoms with E-state index in [4.69, 9.17) is 9.15 Å². The van der Waals surface area contributed by atoms with Gasteiger partial charge in [0.2, 0.25) is 0 Å². The van der Waals surface area contributed by atoms with Gasteiger partial charge in [-0.15, -0.1) is 6.58 Å². The molecule has 27 heavy (non-hydrogen) atoms. The molecule has 3 rings (SSSR count). The molecule has 0 unspecified atom stereocenters. The van der Waals surface area contributed by atoms with Crippen molar-refractivity contribution in [1.29, 1.82) is 0 Å². The second kappa shape index (κ2) is 7.33. The molecule has 1 aromatic carbocycles. The summed E-state index contributed by atoms with van der Waals surface area (Å²) in [5.74, 6) is 0.0511. The van der Waals surface area contributed by atoms with E-state index in [1.807, 2.05) is 6.92 Å². The number of ether oxygens (including phenoxy) is 1. The minimum absolute atomic E-state index is 0.128. The van der Waals surface area contributed by atoms with Gasteiger partial charge in [0.1, 0.15) is 17.2 Å². The lowest BCUT2D eigenvalue weighted by Crippen LogP contribution is -2.30. The monoisotopic (exact) mass is 366 g/mol. The zero-order valence-electron chi connectivity index (χ0n) is 14.9. The van der Waals surface area contributed by atoms with Crippen molar-refractivity contribution in [2.24, 2.45) is 0 Å². The zero-order valence-corrected chi connectivity index (χ0v) is 14.9. The number of carbonyl (C=O) groups excluding carboxylic acids is 3. The molecule has 1 aliphatic heterocycles. The number of esters is 1. The summed E-state index contributed by atoms with van der Waals surface area (Å²) in [5, 5.41) is 2.51. The lowest BCUT2D eigenvalue weighted by molar-refractivity contribution is -0.122. The van der Waals surface area contributed by atoms with E-state index in [0.717, 1.165) is 16.0 Å². The molecule has 138 valence electrons. The molecule has 2 aromatic rings. The van der Waals surface area contributed by atoms with Crippen LogP contribution in [0.1, 0.15) is 21.7 Å². The van der Waals surface area contributed by atoms with Gasteiger partial charge in [-0.1, -0.05) is 12.1 Å². The van der Waals surface area contributed by atoms with Crippen molar-refractivity contribution in [3.05, 3.63) is 65.6 Å². The van der Waals surface area contributed by atoms with E-state index in [1.54, 1.807) is 30.3 Å². The molecular formula is C20H18N2O5. The molecule has 1 saturated heterocycles. The second-order valence-corrected chi connectivity index (χ2v) is 5.92. The molecular weight excluding hydrogens is 348 g/mol. The lowest BCUT2D eigenvalue weighted by atomic mass is 10.0. The molecule has 1 fully saturated rings. The van der Waals surface area contributed by atoms with Crippen LogP contribution in [-0.2, 0) is 9.53 Å². The SMILES string of the molecule is C=CCN1C(=O)N/C(=C/c2ccc(-c3cc(C(=O)OC)ccc3C)o2)C1=O. The van der Waals surface area contributed by atoms with E-state index >= 15 is 0 Å². The summed E-state index contributed by atoms with van der Waals surface area (Å²) in [4.78, 5) is 36.8. The standard InChI is InChI=1S/C20H18N2O5/c1-4-9-22-18(23)16(21-20(22)25)11-14-7-8-17(27-14)15-10-13(19(24)26-3)6-5-12(15)2/h4-8,10-11H,1,9H2,2-3H3,(H,21,25)/b16-11+. The maximum Gasteiger partial charge on any atom is 0.337 e. The van der Waals surface area contributed by atoms with E-state index < -0.39 is 17.9 Å². The molecule has 1 N–H and O–H groups in total. The van der Waals surface area contributed by atoms with Crippen LogP contribution in [0.25, 0.3) is 17.4 Å². The summed E-state index contributed by atoms with van der Waals surface area (Å²) in [7, 11) is 1.32. The average molecular weight is 366 g/mol. The molecule has 0 radical (unpaired) electrons. The minimum atomic E-state index is -0.500. The van der Waals surface area contributed by atoms with Gasteiger partial charge in [0, 0.05) is 18.2 Å². The largest absolute Gasteiger partial charge is 0.465 e. The summed E-state index contributed by atoms with van der Waals surface area (Å²) < 4.78 is 10.5. The van der Waals surface area contributed by atoms with E-state index in [1.165, 1.54) is 19.3 Å². The highest BCUT2D eigenvalue weighted by Gasteiger charge is 2.32. The van der Waals surface area contributed by atoms with Gasteiger partial charge in [0.05, 0.1) is 12.7 Å². The number of rotatable bonds is 5. The van der Waals surface area contributed by atoms with Crippen molar-refractivity contribution in [3.63, 3.8) is 0 Å². The minimum Gasteiger partial charge on any atom is -0.465 e. The molecule has 0 bridgehead atoms. The van der Waals surface area contributed by atoms with Crippen molar-refractivity contribution in [2.75, 3.05) is 13.7 Å². The maximum atomic E-state index is 12.2. The van der Waals surface area contributed by atoms with Crippen molar-refractivity contribution in [3.8, 4) is 11.3 Å². The van der Waals surface area contributed by atoms with Crippen LogP contribution < -0.4 is 5.32 Å². The summed E-state index contributed by atoms with van der Waals surface area (Å²) in [6.45, 7) is 5.55. The number of benzene rings is 1. The first-order valence-corrected chi connectivity index (χ1v) is 8.19. The number of imide groups is 1. The molecule has 0 aliphatic carbocycles. The molecule has 7 nitrogen and oxygen atoms in total. The molecule has 7 heteroatoms. The summed E-state index contributed by atoms with van der Waals surface area (Å²) in [6.07, 6.45) is 2.94. The van der Waals surface area contributed by atoms with Crippen LogP contribution in [-0.4, -0.2) is 36.5 Å². The van der Waals surface area contributed by atoms with Crippen LogP contribution >= 0.6 is 0 Å². The Kier molecular flexibility index (Phi) is 4.94. The third-order valence-electron chi connectivity index (χ3n) is 4.11. The van der Waals surface area contributed by atoms with Crippen LogP contribution in [0.4, 0.5) is 4.79 Å². The first-order chi connectivity index (χ1) is 12.9. The molecule has 0 atom stereocenters. The van der Waals surface area contributed by atoms with Crippen molar-refractivity contribution in [2.45, 2.75) is 6.92 Å². The predicted molar refractivity (Wildman–Crippen MR) is 98.6 cm³/mol. The Bertz CT molecular complexity index is 971. The van der Waals surface area contributed by atoms with Crippen molar-refractivity contribution >= 4 is 24.0 Å². The zero-order chi connectivity index (χ0) is 19.6.